The van der Waals surface area contributed by atoms with E-state index < -0.39 is 11.7 Å². The van der Waals surface area contributed by atoms with Gasteiger partial charge in [-0.1, -0.05) is 18.2 Å². The van der Waals surface area contributed by atoms with E-state index in [9.17, 15) is 22.8 Å². The van der Waals surface area contributed by atoms with E-state index >= 15 is 0 Å². The van der Waals surface area contributed by atoms with Crippen LogP contribution in [0.2, 0.25) is 0 Å². The number of alkyl halides is 3. The Morgan fingerprint density at radius 3 is 2.50 bits per heavy atom. The molecule has 1 rings (SSSR count). The van der Waals surface area contributed by atoms with Gasteiger partial charge in [0.1, 0.15) is 0 Å². The second-order valence-corrected chi connectivity index (χ2v) is 3.82. The van der Waals surface area contributed by atoms with Crippen molar-refractivity contribution in [3.05, 3.63) is 35.4 Å². The second kappa shape index (κ2) is 5.66. The summed E-state index contributed by atoms with van der Waals surface area (Å²) >= 11 is 0. The molecule has 0 radical (unpaired) electrons. The van der Waals surface area contributed by atoms with Gasteiger partial charge in [-0.2, -0.15) is 13.2 Å². The molecule has 1 aromatic carbocycles. The van der Waals surface area contributed by atoms with Gasteiger partial charge < -0.3 is 5.32 Å². The number of rotatable bonds is 4. The van der Waals surface area contributed by atoms with Crippen molar-refractivity contribution in [3.63, 3.8) is 0 Å². The zero-order chi connectivity index (χ0) is 13.8. The molecule has 0 saturated heterocycles. The first-order valence-corrected chi connectivity index (χ1v) is 5.21. The quantitative estimate of drug-likeness (QED) is 0.898. The molecule has 0 spiro atoms. The molecule has 3 nitrogen and oxygen atoms in total. The third-order valence-corrected chi connectivity index (χ3v) is 2.19. The van der Waals surface area contributed by atoms with Crippen molar-refractivity contribution >= 4 is 11.7 Å². The molecule has 0 aliphatic heterocycles. The smallest absolute Gasteiger partial charge is 0.349 e. The Balaban J connectivity index is 2.68. The SMILES string of the molecule is CC(=O)NCC(=O)Cc1cccc(C(F)(F)F)c1. The number of ketones is 1. The highest BCUT2D eigenvalue weighted by Gasteiger charge is 2.30. The van der Waals surface area contributed by atoms with Gasteiger partial charge in [0.2, 0.25) is 5.91 Å². The normalized spacial score (nSPS) is 11.1. The predicted molar refractivity (Wildman–Crippen MR) is 58.8 cm³/mol. The molecule has 0 aliphatic carbocycles. The molecule has 0 fully saturated rings. The molecular formula is C12H12F3NO2. The van der Waals surface area contributed by atoms with Crippen molar-refractivity contribution in [2.75, 3.05) is 6.54 Å². The van der Waals surface area contributed by atoms with E-state index in [1.165, 1.54) is 19.1 Å². The molecule has 1 N–H and O–H groups in total. The Morgan fingerprint density at radius 1 is 1.28 bits per heavy atom. The number of Topliss-reactive ketones (excluding diaryl/α,β-unsaturated/α-hetero) is 1. The fourth-order valence-electron chi connectivity index (χ4n) is 1.37. The summed E-state index contributed by atoms with van der Waals surface area (Å²) in [5.41, 5.74) is -0.507. The number of hydrogen-bond donors (Lipinski definition) is 1. The largest absolute Gasteiger partial charge is 0.416 e. The van der Waals surface area contributed by atoms with E-state index in [4.69, 9.17) is 0 Å². The molecule has 6 heteroatoms. The van der Waals surface area contributed by atoms with Gasteiger partial charge in [-0.25, -0.2) is 0 Å². The third kappa shape index (κ3) is 4.57. The summed E-state index contributed by atoms with van der Waals surface area (Å²) in [6, 6.07) is 4.58. The zero-order valence-corrected chi connectivity index (χ0v) is 9.67. The third-order valence-electron chi connectivity index (χ3n) is 2.19. The summed E-state index contributed by atoms with van der Waals surface area (Å²) in [7, 11) is 0. The van der Waals surface area contributed by atoms with Gasteiger partial charge in [0.15, 0.2) is 5.78 Å². The van der Waals surface area contributed by atoms with E-state index in [0.717, 1.165) is 12.1 Å². The molecule has 98 valence electrons. The first-order valence-electron chi connectivity index (χ1n) is 5.21. The van der Waals surface area contributed by atoms with Crippen molar-refractivity contribution in [2.45, 2.75) is 19.5 Å². The maximum atomic E-state index is 12.4. The topological polar surface area (TPSA) is 46.2 Å². The van der Waals surface area contributed by atoms with Gasteiger partial charge in [0, 0.05) is 13.3 Å². The predicted octanol–water partition coefficient (Wildman–Crippen LogP) is 1.95. The minimum atomic E-state index is -4.42. The molecule has 1 amide bonds. The Bertz CT molecular complexity index is 455. The first-order chi connectivity index (χ1) is 8.29. The zero-order valence-electron chi connectivity index (χ0n) is 9.67. The monoisotopic (exact) mass is 259 g/mol. The molecule has 0 heterocycles. The van der Waals surface area contributed by atoms with Crippen LogP contribution in [0.3, 0.4) is 0 Å². The number of carbonyl (C=O) groups is 2. The summed E-state index contributed by atoms with van der Waals surface area (Å²) in [4.78, 5) is 22.0. The van der Waals surface area contributed by atoms with Gasteiger partial charge >= 0.3 is 6.18 Å². The first kappa shape index (κ1) is 14.2. The molecule has 0 atom stereocenters. The minimum absolute atomic E-state index is 0.135. The van der Waals surface area contributed by atoms with Crippen LogP contribution >= 0.6 is 0 Å². The lowest BCUT2D eigenvalue weighted by Gasteiger charge is -2.08. The van der Waals surface area contributed by atoms with Gasteiger partial charge in [-0.15, -0.1) is 0 Å². The van der Waals surface area contributed by atoms with Crippen molar-refractivity contribution in [3.8, 4) is 0 Å². The summed E-state index contributed by atoms with van der Waals surface area (Å²) in [5.74, 6) is -0.697. The van der Waals surface area contributed by atoms with Gasteiger partial charge in [-0.05, 0) is 11.6 Å². The maximum absolute atomic E-state index is 12.4. The van der Waals surface area contributed by atoms with E-state index in [1.807, 2.05) is 0 Å². The average Bonchev–Trinajstić information content (AvgIpc) is 2.25. The van der Waals surface area contributed by atoms with Crippen molar-refractivity contribution in [1.82, 2.24) is 5.32 Å². The Kier molecular flexibility index (Phi) is 4.47. The Labute approximate surface area is 102 Å². The summed E-state index contributed by atoms with van der Waals surface area (Å²) < 4.78 is 37.3. The molecule has 18 heavy (non-hydrogen) atoms. The molecule has 0 saturated carbocycles. The van der Waals surface area contributed by atoms with Gasteiger partial charge in [0.25, 0.3) is 0 Å². The van der Waals surface area contributed by atoms with Gasteiger partial charge in [0.05, 0.1) is 12.1 Å². The molecular weight excluding hydrogens is 247 g/mol. The number of hydrogen-bond acceptors (Lipinski definition) is 2. The molecule has 0 unspecified atom stereocenters. The van der Waals surface area contributed by atoms with Crippen molar-refractivity contribution in [2.24, 2.45) is 0 Å². The van der Waals surface area contributed by atoms with Crippen LogP contribution in [-0.4, -0.2) is 18.2 Å². The van der Waals surface area contributed by atoms with Crippen LogP contribution < -0.4 is 5.32 Å². The van der Waals surface area contributed by atoms with Crippen LogP contribution in [0, 0.1) is 0 Å². The van der Waals surface area contributed by atoms with Crippen LogP contribution in [0.25, 0.3) is 0 Å². The van der Waals surface area contributed by atoms with Crippen molar-refractivity contribution < 1.29 is 22.8 Å². The fraction of sp³-hybridized carbons (Fsp3) is 0.333. The molecule has 0 aromatic heterocycles. The van der Waals surface area contributed by atoms with Crippen LogP contribution in [0.1, 0.15) is 18.1 Å². The van der Waals surface area contributed by atoms with Crippen LogP contribution in [-0.2, 0) is 22.2 Å². The highest BCUT2D eigenvalue weighted by molar-refractivity contribution is 5.86. The van der Waals surface area contributed by atoms with Crippen LogP contribution in [0.4, 0.5) is 13.2 Å². The average molecular weight is 259 g/mol. The summed E-state index contributed by atoms with van der Waals surface area (Å²) in [6.45, 7) is 1.09. The van der Waals surface area contributed by atoms with E-state index in [1.54, 1.807) is 0 Å². The van der Waals surface area contributed by atoms with E-state index in [-0.39, 0.29) is 30.2 Å². The molecule has 0 bridgehead atoms. The highest BCUT2D eigenvalue weighted by atomic mass is 19.4. The number of amides is 1. The minimum Gasteiger partial charge on any atom is -0.349 e. The van der Waals surface area contributed by atoms with Crippen LogP contribution in [0.5, 0.6) is 0 Å². The lowest BCUT2D eigenvalue weighted by molar-refractivity contribution is -0.137. The van der Waals surface area contributed by atoms with Gasteiger partial charge in [-0.3, -0.25) is 9.59 Å². The highest BCUT2D eigenvalue weighted by Crippen LogP contribution is 2.29. The lowest BCUT2D eigenvalue weighted by atomic mass is 10.1. The number of halogens is 3. The second-order valence-electron chi connectivity index (χ2n) is 3.82. The Hall–Kier alpha value is -1.85. The standard InChI is InChI=1S/C12H12F3NO2/c1-8(17)16-7-11(18)6-9-3-2-4-10(5-9)12(13,14)15/h2-5H,6-7H2,1H3,(H,16,17). The molecule has 1 aromatic rings. The number of benzene rings is 1. The fourth-order valence-corrected chi connectivity index (χ4v) is 1.37. The lowest BCUT2D eigenvalue weighted by Crippen LogP contribution is -2.28. The number of carbonyl (C=O) groups excluding carboxylic acids is 2. The Morgan fingerprint density at radius 2 is 1.94 bits per heavy atom. The molecule has 0 aliphatic rings. The van der Waals surface area contributed by atoms with Crippen molar-refractivity contribution in [1.29, 1.82) is 0 Å². The number of nitrogens with one attached hydrogen (secondary N) is 1. The van der Waals surface area contributed by atoms with Crippen LogP contribution in [0.15, 0.2) is 24.3 Å². The maximum Gasteiger partial charge on any atom is 0.416 e. The van der Waals surface area contributed by atoms with E-state index in [0.29, 0.717) is 0 Å². The summed E-state index contributed by atoms with van der Waals surface area (Å²) in [6.07, 6.45) is -4.55. The van der Waals surface area contributed by atoms with E-state index in [2.05, 4.69) is 5.32 Å². The summed E-state index contributed by atoms with van der Waals surface area (Å²) in [5, 5.41) is 2.30.